The molecule has 0 saturated heterocycles. The molecule has 0 bridgehead atoms. The van der Waals surface area contributed by atoms with Crippen molar-refractivity contribution in [3.8, 4) is 0 Å². The molecule has 88 valence electrons. The molecule has 1 aromatic rings. The number of hydrogen-bond acceptors (Lipinski definition) is 2. The Kier molecular flexibility index (Phi) is 5.77. The molecule has 3 N–H and O–H groups in total. The molecule has 1 rings (SSSR count). The molecular formula is C12H17BrN2S. The van der Waals surface area contributed by atoms with Gasteiger partial charge in [0.1, 0.15) is 4.99 Å². The van der Waals surface area contributed by atoms with Crippen LogP contribution in [0.3, 0.4) is 0 Å². The number of rotatable bonds is 6. The summed E-state index contributed by atoms with van der Waals surface area (Å²) < 4.78 is 1.01. The van der Waals surface area contributed by atoms with Crippen LogP contribution in [-0.4, -0.2) is 11.5 Å². The summed E-state index contributed by atoms with van der Waals surface area (Å²) in [5.74, 6) is 0. The van der Waals surface area contributed by atoms with Crippen LogP contribution in [-0.2, 0) is 0 Å². The second-order valence-corrected chi connectivity index (χ2v) is 4.99. The first-order chi connectivity index (χ1) is 7.65. The van der Waals surface area contributed by atoms with E-state index < -0.39 is 0 Å². The molecule has 0 unspecified atom stereocenters. The van der Waals surface area contributed by atoms with Crippen molar-refractivity contribution >= 4 is 38.8 Å². The zero-order valence-corrected chi connectivity index (χ0v) is 11.8. The van der Waals surface area contributed by atoms with Crippen LogP contribution in [0, 0.1) is 0 Å². The van der Waals surface area contributed by atoms with Gasteiger partial charge in [0.25, 0.3) is 0 Å². The van der Waals surface area contributed by atoms with E-state index in [4.69, 9.17) is 18.0 Å². The fraction of sp³-hybridized carbons (Fsp3) is 0.417. The largest absolute Gasteiger partial charge is 0.389 e. The first-order valence-corrected chi connectivity index (χ1v) is 6.68. The fourth-order valence-corrected chi connectivity index (χ4v) is 2.06. The number of hydrogen-bond donors (Lipinski definition) is 2. The van der Waals surface area contributed by atoms with Crippen molar-refractivity contribution in [3.05, 3.63) is 28.2 Å². The van der Waals surface area contributed by atoms with Crippen molar-refractivity contribution in [2.75, 3.05) is 11.9 Å². The quantitative estimate of drug-likeness (QED) is 0.622. The maximum absolute atomic E-state index is 5.56. The Morgan fingerprint density at radius 1 is 1.44 bits per heavy atom. The number of halogens is 1. The molecule has 0 aliphatic heterocycles. The molecule has 0 amide bonds. The Labute approximate surface area is 111 Å². The summed E-state index contributed by atoms with van der Waals surface area (Å²) in [6.07, 6.45) is 3.69. The number of benzene rings is 1. The Bertz CT molecular complexity index is 366. The van der Waals surface area contributed by atoms with Gasteiger partial charge in [0, 0.05) is 22.3 Å². The van der Waals surface area contributed by atoms with Crippen LogP contribution in [0.2, 0.25) is 0 Å². The second-order valence-electron chi connectivity index (χ2n) is 3.69. The molecule has 0 saturated carbocycles. The molecule has 0 aromatic heterocycles. The number of thiocarbonyl (C=S) groups is 1. The molecule has 0 radical (unpaired) electrons. The predicted octanol–water partition coefficient (Wildman–Crippen LogP) is 3.69. The van der Waals surface area contributed by atoms with E-state index in [1.807, 2.05) is 18.2 Å². The van der Waals surface area contributed by atoms with Crippen LogP contribution in [0.4, 0.5) is 5.69 Å². The second kappa shape index (κ2) is 6.86. The van der Waals surface area contributed by atoms with Gasteiger partial charge in [0.05, 0.1) is 0 Å². The molecule has 0 aliphatic carbocycles. The third-order valence-electron chi connectivity index (χ3n) is 2.35. The average Bonchev–Trinajstić information content (AvgIpc) is 2.26. The molecule has 2 nitrogen and oxygen atoms in total. The highest BCUT2D eigenvalue weighted by Gasteiger charge is 2.02. The summed E-state index contributed by atoms with van der Waals surface area (Å²) in [4.78, 5) is 0.429. The number of nitrogens with two attached hydrogens (primary N) is 1. The summed E-state index contributed by atoms with van der Waals surface area (Å²) in [7, 11) is 0. The van der Waals surface area contributed by atoms with Gasteiger partial charge in [-0.05, 0) is 40.5 Å². The van der Waals surface area contributed by atoms with Crippen LogP contribution in [0.25, 0.3) is 0 Å². The van der Waals surface area contributed by atoms with Gasteiger partial charge in [0.2, 0.25) is 0 Å². The van der Waals surface area contributed by atoms with Crippen LogP contribution >= 0.6 is 28.1 Å². The molecule has 0 fully saturated rings. The third-order valence-corrected chi connectivity index (χ3v) is 3.24. The van der Waals surface area contributed by atoms with Crippen LogP contribution in [0.5, 0.6) is 0 Å². The summed E-state index contributed by atoms with van der Waals surface area (Å²) >= 11 is 8.43. The van der Waals surface area contributed by atoms with E-state index in [1.54, 1.807) is 0 Å². The molecule has 4 heteroatoms. The Balaban J connectivity index is 2.57. The van der Waals surface area contributed by atoms with E-state index >= 15 is 0 Å². The van der Waals surface area contributed by atoms with Crippen molar-refractivity contribution in [2.24, 2.45) is 5.73 Å². The molecule has 0 aliphatic rings. The van der Waals surface area contributed by atoms with Gasteiger partial charge >= 0.3 is 0 Å². The van der Waals surface area contributed by atoms with E-state index in [2.05, 4.69) is 28.2 Å². The number of nitrogens with one attached hydrogen (secondary N) is 1. The van der Waals surface area contributed by atoms with E-state index in [-0.39, 0.29) is 0 Å². The van der Waals surface area contributed by atoms with Gasteiger partial charge < -0.3 is 11.1 Å². The topological polar surface area (TPSA) is 38.0 Å². The highest BCUT2D eigenvalue weighted by atomic mass is 79.9. The van der Waals surface area contributed by atoms with E-state index in [0.717, 1.165) is 22.3 Å². The van der Waals surface area contributed by atoms with Crippen LogP contribution in [0.1, 0.15) is 31.7 Å². The number of unbranched alkanes of at least 4 members (excludes halogenated alkanes) is 2. The predicted molar refractivity (Wildman–Crippen MR) is 78.0 cm³/mol. The standard InChI is InChI=1S/C12H17BrN2S/c1-2-3-4-7-15-11-6-5-9(12(14)16)8-10(11)13/h5-6,8,15H,2-4,7H2,1H3,(H2,14,16). The highest BCUT2D eigenvalue weighted by molar-refractivity contribution is 9.10. The molecule has 0 heterocycles. The lowest BCUT2D eigenvalue weighted by Gasteiger charge is -2.09. The Morgan fingerprint density at radius 2 is 2.19 bits per heavy atom. The molecule has 0 atom stereocenters. The summed E-state index contributed by atoms with van der Waals surface area (Å²) in [6, 6.07) is 5.89. The lowest BCUT2D eigenvalue weighted by atomic mass is 10.2. The van der Waals surface area contributed by atoms with E-state index in [1.165, 1.54) is 19.3 Å². The molecule has 16 heavy (non-hydrogen) atoms. The minimum Gasteiger partial charge on any atom is -0.389 e. The van der Waals surface area contributed by atoms with Crippen molar-refractivity contribution < 1.29 is 0 Å². The first-order valence-electron chi connectivity index (χ1n) is 5.48. The van der Waals surface area contributed by atoms with E-state index in [0.29, 0.717) is 4.99 Å². The van der Waals surface area contributed by atoms with Crippen molar-refractivity contribution in [2.45, 2.75) is 26.2 Å². The smallest absolute Gasteiger partial charge is 0.104 e. The van der Waals surface area contributed by atoms with Gasteiger partial charge in [-0.1, -0.05) is 32.0 Å². The minimum atomic E-state index is 0.429. The van der Waals surface area contributed by atoms with Gasteiger partial charge in [-0.25, -0.2) is 0 Å². The SMILES string of the molecule is CCCCCNc1ccc(C(N)=S)cc1Br. The van der Waals surface area contributed by atoms with Crippen molar-refractivity contribution in [3.63, 3.8) is 0 Å². The first kappa shape index (κ1) is 13.5. The maximum Gasteiger partial charge on any atom is 0.104 e. The lowest BCUT2D eigenvalue weighted by Crippen LogP contribution is -2.09. The average molecular weight is 301 g/mol. The van der Waals surface area contributed by atoms with Crippen molar-refractivity contribution in [1.82, 2.24) is 0 Å². The Hall–Kier alpha value is -0.610. The highest BCUT2D eigenvalue weighted by Crippen LogP contribution is 2.23. The summed E-state index contributed by atoms with van der Waals surface area (Å²) in [6.45, 7) is 3.20. The minimum absolute atomic E-state index is 0.429. The summed E-state index contributed by atoms with van der Waals surface area (Å²) in [5, 5.41) is 3.38. The normalized spacial score (nSPS) is 10.1. The summed E-state index contributed by atoms with van der Waals surface area (Å²) in [5.41, 5.74) is 7.55. The number of anilines is 1. The van der Waals surface area contributed by atoms with Gasteiger partial charge in [-0.15, -0.1) is 0 Å². The molecule has 0 spiro atoms. The van der Waals surface area contributed by atoms with Gasteiger partial charge in [-0.3, -0.25) is 0 Å². The fourth-order valence-electron chi connectivity index (χ4n) is 1.41. The zero-order chi connectivity index (χ0) is 12.0. The van der Waals surface area contributed by atoms with E-state index in [9.17, 15) is 0 Å². The van der Waals surface area contributed by atoms with Crippen LogP contribution < -0.4 is 11.1 Å². The molecular weight excluding hydrogens is 284 g/mol. The maximum atomic E-state index is 5.56. The molecule has 1 aromatic carbocycles. The van der Waals surface area contributed by atoms with Crippen molar-refractivity contribution in [1.29, 1.82) is 0 Å². The Morgan fingerprint density at radius 3 is 2.75 bits per heavy atom. The lowest BCUT2D eigenvalue weighted by molar-refractivity contribution is 0.743. The van der Waals surface area contributed by atoms with Gasteiger partial charge in [-0.2, -0.15) is 0 Å². The third kappa shape index (κ3) is 4.10. The monoisotopic (exact) mass is 300 g/mol. The van der Waals surface area contributed by atoms with Crippen LogP contribution in [0.15, 0.2) is 22.7 Å². The zero-order valence-electron chi connectivity index (χ0n) is 9.42. The van der Waals surface area contributed by atoms with Gasteiger partial charge in [0.15, 0.2) is 0 Å².